The number of carbonyl (C=O) groups is 1. The summed E-state index contributed by atoms with van der Waals surface area (Å²) in [6, 6.07) is 4.39. The molecule has 0 fully saturated rings. The minimum atomic E-state index is -3.87. The predicted octanol–water partition coefficient (Wildman–Crippen LogP) is 3.35. The van der Waals surface area contributed by atoms with Gasteiger partial charge in [0.05, 0.1) is 4.90 Å². The highest BCUT2D eigenvalue weighted by Crippen LogP contribution is 2.22. The van der Waals surface area contributed by atoms with Crippen molar-refractivity contribution in [1.29, 1.82) is 0 Å². The van der Waals surface area contributed by atoms with Gasteiger partial charge < -0.3 is 4.90 Å². The van der Waals surface area contributed by atoms with Gasteiger partial charge in [0.1, 0.15) is 0 Å². The zero-order chi connectivity index (χ0) is 16.4. The van der Waals surface area contributed by atoms with E-state index in [4.69, 9.17) is 10.7 Å². The van der Waals surface area contributed by atoms with Gasteiger partial charge in [0.25, 0.3) is 15.0 Å². The standard InChI is InChI=1S/C15H20ClNO3S/c1-6-7-17(15(3,4)5)14(18)12-8-11(2)9-13(10-12)21(16,19)20/h6,8-10H,1,7H2,2-5H3. The van der Waals surface area contributed by atoms with Crippen LogP contribution in [-0.4, -0.2) is 31.3 Å². The van der Waals surface area contributed by atoms with Crippen molar-refractivity contribution in [2.75, 3.05) is 6.54 Å². The van der Waals surface area contributed by atoms with Gasteiger partial charge in [-0.15, -0.1) is 6.58 Å². The molecule has 0 saturated carbocycles. The van der Waals surface area contributed by atoms with Gasteiger partial charge in [-0.2, -0.15) is 0 Å². The highest BCUT2D eigenvalue weighted by Gasteiger charge is 2.27. The van der Waals surface area contributed by atoms with Crippen molar-refractivity contribution in [2.45, 2.75) is 38.1 Å². The minimum absolute atomic E-state index is 0.0695. The Balaban J connectivity index is 3.35. The van der Waals surface area contributed by atoms with Crippen LogP contribution in [0.4, 0.5) is 0 Å². The number of hydrogen-bond acceptors (Lipinski definition) is 3. The minimum Gasteiger partial charge on any atom is -0.330 e. The van der Waals surface area contributed by atoms with E-state index in [9.17, 15) is 13.2 Å². The molecule has 0 aliphatic heterocycles. The van der Waals surface area contributed by atoms with Gasteiger partial charge >= 0.3 is 0 Å². The Morgan fingerprint density at radius 2 is 1.90 bits per heavy atom. The number of aryl methyl sites for hydroxylation is 1. The monoisotopic (exact) mass is 329 g/mol. The quantitative estimate of drug-likeness (QED) is 0.628. The summed E-state index contributed by atoms with van der Waals surface area (Å²) in [5.74, 6) is -0.257. The normalized spacial score (nSPS) is 12.0. The van der Waals surface area contributed by atoms with Crippen LogP contribution in [0, 0.1) is 6.92 Å². The van der Waals surface area contributed by atoms with Gasteiger partial charge in [-0.1, -0.05) is 6.08 Å². The Bertz CT molecular complexity index is 660. The largest absolute Gasteiger partial charge is 0.330 e. The number of carbonyl (C=O) groups excluding carboxylic acids is 1. The number of benzene rings is 1. The topological polar surface area (TPSA) is 54.5 Å². The van der Waals surface area contributed by atoms with Gasteiger partial charge in [-0.05, 0) is 51.5 Å². The molecule has 1 amide bonds. The number of nitrogens with zero attached hydrogens (tertiary/aromatic N) is 1. The van der Waals surface area contributed by atoms with Crippen molar-refractivity contribution >= 4 is 25.6 Å². The lowest BCUT2D eigenvalue weighted by molar-refractivity contribution is 0.0616. The van der Waals surface area contributed by atoms with Gasteiger partial charge in [0.2, 0.25) is 0 Å². The Kier molecular flexibility index (Phi) is 5.23. The third kappa shape index (κ3) is 4.58. The molecule has 0 aromatic heterocycles. The molecular formula is C15H20ClNO3S. The van der Waals surface area contributed by atoms with Crippen LogP contribution in [0.1, 0.15) is 36.7 Å². The summed E-state index contributed by atoms with van der Waals surface area (Å²) in [7, 11) is 1.50. The van der Waals surface area contributed by atoms with E-state index in [1.807, 2.05) is 20.8 Å². The number of hydrogen-bond donors (Lipinski definition) is 0. The predicted molar refractivity (Wildman–Crippen MR) is 85.2 cm³/mol. The molecular weight excluding hydrogens is 310 g/mol. The van der Waals surface area contributed by atoms with E-state index in [2.05, 4.69) is 6.58 Å². The van der Waals surface area contributed by atoms with Crippen molar-refractivity contribution < 1.29 is 13.2 Å². The number of halogens is 1. The van der Waals surface area contributed by atoms with Gasteiger partial charge in [0, 0.05) is 28.3 Å². The van der Waals surface area contributed by atoms with Gasteiger partial charge in [-0.3, -0.25) is 4.79 Å². The first-order valence-corrected chi connectivity index (χ1v) is 8.77. The number of amides is 1. The smallest absolute Gasteiger partial charge is 0.261 e. The molecule has 0 radical (unpaired) electrons. The summed E-state index contributed by atoms with van der Waals surface area (Å²) in [4.78, 5) is 14.2. The second-order valence-corrected chi connectivity index (χ2v) is 8.41. The van der Waals surface area contributed by atoms with E-state index in [0.29, 0.717) is 17.7 Å². The van der Waals surface area contributed by atoms with Crippen LogP contribution < -0.4 is 0 Å². The van der Waals surface area contributed by atoms with E-state index in [0.717, 1.165) is 0 Å². The van der Waals surface area contributed by atoms with E-state index in [1.54, 1.807) is 24.0 Å². The van der Waals surface area contributed by atoms with E-state index >= 15 is 0 Å². The molecule has 1 aromatic rings. The first-order valence-electron chi connectivity index (χ1n) is 6.46. The Morgan fingerprint density at radius 1 is 1.33 bits per heavy atom. The lowest BCUT2D eigenvalue weighted by atomic mass is 10.0. The van der Waals surface area contributed by atoms with Crippen molar-refractivity contribution in [2.24, 2.45) is 0 Å². The molecule has 0 saturated heterocycles. The fourth-order valence-corrected chi connectivity index (χ4v) is 2.82. The summed E-state index contributed by atoms with van der Waals surface area (Å²) in [5, 5.41) is 0. The molecule has 0 aliphatic carbocycles. The summed E-state index contributed by atoms with van der Waals surface area (Å²) in [6.45, 7) is 11.5. The molecule has 21 heavy (non-hydrogen) atoms. The van der Waals surface area contributed by atoms with Gasteiger partial charge in [0.15, 0.2) is 0 Å². The second kappa shape index (κ2) is 6.20. The molecule has 0 N–H and O–H groups in total. The molecule has 4 nitrogen and oxygen atoms in total. The van der Waals surface area contributed by atoms with Crippen molar-refractivity contribution in [1.82, 2.24) is 4.90 Å². The SMILES string of the molecule is C=CCN(C(=O)c1cc(C)cc(S(=O)(=O)Cl)c1)C(C)(C)C. The maximum absolute atomic E-state index is 12.7. The molecule has 1 aromatic carbocycles. The third-order valence-electron chi connectivity index (χ3n) is 2.95. The summed E-state index contributed by atoms with van der Waals surface area (Å²) >= 11 is 0. The maximum atomic E-state index is 12.7. The van der Waals surface area contributed by atoms with Crippen LogP contribution >= 0.6 is 10.7 Å². The molecule has 116 valence electrons. The van der Waals surface area contributed by atoms with E-state index in [1.165, 1.54) is 12.1 Å². The number of rotatable bonds is 4. The maximum Gasteiger partial charge on any atom is 0.261 e. The lowest BCUT2D eigenvalue weighted by Gasteiger charge is -2.35. The summed E-state index contributed by atoms with van der Waals surface area (Å²) in [5.41, 5.74) is 0.549. The average Bonchev–Trinajstić information content (AvgIpc) is 2.32. The lowest BCUT2D eigenvalue weighted by Crippen LogP contribution is -2.45. The molecule has 6 heteroatoms. The Morgan fingerprint density at radius 3 is 2.33 bits per heavy atom. The van der Waals surface area contributed by atoms with Gasteiger partial charge in [-0.25, -0.2) is 8.42 Å². The van der Waals surface area contributed by atoms with Crippen LogP contribution in [0.15, 0.2) is 35.7 Å². The summed E-state index contributed by atoms with van der Waals surface area (Å²) in [6.07, 6.45) is 1.64. The fraction of sp³-hybridized carbons (Fsp3) is 0.400. The molecule has 0 aliphatic rings. The average molecular weight is 330 g/mol. The highest BCUT2D eigenvalue weighted by atomic mass is 35.7. The molecule has 0 atom stereocenters. The van der Waals surface area contributed by atoms with Crippen LogP contribution in [0.3, 0.4) is 0 Å². The molecule has 0 spiro atoms. The first-order chi connectivity index (χ1) is 9.46. The zero-order valence-electron chi connectivity index (χ0n) is 12.7. The van der Waals surface area contributed by atoms with Crippen molar-refractivity contribution in [3.63, 3.8) is 0 Å². The third-order valence-corrected chi connectivity index (χ3v) is 4.28. The molecule has 0 unspecified atom stereocenters. The highest BCUT2D eigenvalue weighted by molar-refractivity contribution is 8.13. The zero-order valence-corrected chi connectivity index (χ0v) is 14.3. The Hall–Kier alpha value is -1.33. The fourth-order valence-electron chi connectivity index (χ4n) is 1.96. The molecule has 0 heterocycles. The summed E-state index contributed by atoms with van der Waals surface area (Å²) < 4.78 is 23.0. The van der Waals surface area contributed by atoms with Crippen LogP contribution in [0.25, 0.3) is 0 Å². The van der Waals surface area contributed by atoms with Crippen molar-refractivity contribution in [3.05, 3.63) is 42.0 Å². The van der Waals surface area contributed by atoms with E-state index in [-0.39, 0.29) is 10.8 Å². The second-order valence-electron chi connectivity index (χ2n) is 5.85. The van der Waals surface area contributed by atoms with Crippen LogP contribution in [0.5, 0.6) is 0 Å². The van der Waals surface area contributed by atoms with Crippen LogP contribution in [-0.2, 0) is 9.05 Å². The van der Waals surface area contributed by atoms with Crippen molar-refractivity contribution in [3.8, 4) is 0 Å². The molecule has 1 rings (SSSR count). The molecule has 0 bridgehead atoms. The Labute approximate surface area is 130 Å². The van der Waals surface area contributed by atoms with Crippen LogP contribution in [0.2, 0.25) is 0 Å². The van der Waals surface area contributed by atoms with E-state index < -0.39 is 14.6 Å². The first kappa shape index (κ1) is 17.7.